The lowest BCUT2D eigenvalue weighted by atomic mass is 10.1. The topological polar surface area (TPSA) is 89.7 Å². The summed E-state index contributed by atoms with van der Waals surface area (Å²) < 4.78 is 5.17. The summed E-state index contributed by atoms with van der Waals surface area (Å²) >= 11 is 3.23. The minimum Gasteiger partial charge on any atom is -0.464 e. The number of hydrogen-bond acceptors (Lipinski definition) is 5. The molecule has 0 aliphatic carbocycles. The van der Waals surface area contributed by atoms with Crippen LogP contribution in [0.15, 0.2) is 34.4 Å². The summed E-state index contributed by atoms with van der Waals surface area (Å²) in [4.78, 5) is 21.4. The van der Waals surface area contributed by atoms with Crippen molar-refractivity contribution in [3.63, 3.8) is 0 Å². The van der Waals surface area contributed by atoms with Crippen LogP contribution in [0, 0.1) is 10.1 Å². The van der Waals surface area contributed by atoms with Gasteiger partial charge in [-0.1, -0.05) is 34.1 Å². The van der Waals surface area contributed by atoms with Gasteiger partial charge in [0.15, 0.2) is 0 Å². The fourth-order valence-electron chi connectivity index (χ4n) is 1.32. The molecular formula is C12H12BrNO5. The summed E-state index contributed by atoms with van der Waals surface area (Å²) in [7, 11) is 0. The molecule has 1 aromatic rings. The van der Waals surface area contributed by atoms with Gasteiger partial charge in [0.2, 0.25) is 6.10 Å². The molecule has 0 unspecified atom stereocenters. The average molecular weight is 330 g/mol. The van der Waals surface area contributed by atoms with Gasteiger partial charge in [0, 0.05) is 10.5 Å². The largest absolute Gasteiger partial charge is 0.464 e. The summed E-state index contributed by atoms with van der Waals surface area (Å²) in [6.07, 6.45) is -0.784. The Labute approximate surface area is 118 Å². The van der Waals surface area contributed by atoms with E-state index >= 15 is 0 Å². The highest BCUT2D eigenvalue weighted by Crippen LogP contribution is 2.20. The third-order valence-corrected chi connectivity index (χ3v) is 2.93. The van der Waals surface area contributed by atoms with Crippen LogP contribution in [-0.2, 0) is 9.53 Å². The van der Waals surface area contributed by atoms with Crippen LogP contribution in [0.5, 0.6) is 0 Å². The van der Waals surface area contributed by atoms with E-state index in [0.29, 0.717) is 10.0 Å². The van der Waals surface area contributed by atoms with Crippen molar-refractivity contribution in [1.29, 1.82) is 0 Å². The molecule has 0 amide bonds. The molecule has 102 valence electrons. The van der Waals surface area contributed by atoms with Gasteiger partial charge >= 0.3 is 5.97 Å². The van der Waals surface area contributed by atoms with E-state index in [1.807, 2.05) is 0 Å². The van der Waals surface area contributed by atoms with Crippen molar-refractivity contribution in [2.24, 2.45) is 0 Å². The third kappa shape index (κ3) is 4.15. The molecule has 0 spiro atoms. The molecule has 7 heteroatoms. The maximum atomic E-state index is 11.3. The first kappa shape index (κ1) is 15.3. The van der Waals surface area contributed by atoms with Gasteiger partial charge < -0.3 is 9.84 Å². The molecule has 0 heterocycles. The molecule has 0 radical (unpaired) electrons. The van der Waals surface area contributed by atoms with Crippen LogP contribution in [-0.4, -0.2) is 28.7 Å². The molecule has 0 aliphatic heterocycles. The highest BCUT2D eigenvalue weighted by molar-refractivity contribution is 9.10. The molecule has 1 N–H and O–H groups in total. The van der Waals surface area contributed by atoms with Crippen molar-refractivity contribution in [2.75, 3.05) is 6.61 Å². The fraction of sp³-hybridized carbons (Fsp3) is 0.250. The molecule has 0 saturated heterocycles. The van der Waals surface area contributed by atoms with Crippen LogP contribution in [0.2, 0.25) is 0 Å². The normalized spacial score (nSPS) is 12.9. The van der Waals surface area contributed by atoms with Crippen LogP contribution < -0.4 is 0 Å². The zero-order valence-electron chi connectivity index (χ0n) is 10.1. The smallest absolute Gasteiger partial charge is 0.346 e. The molecule has 1 aromatic carbocycles. The first-order valence-electron chi connectivity index (χ1n) is 5.42. The third-order valence-electron chi connectivity index (χ3n) is 2.21. The maximum Gasteiger partial charge on any atom is 0.346 e. The Balaban J connectivity index is 3.11. The highest BCUT2D eigenvalue weighted by Gasteiger charge is 2.31. The number of ether oxygens (including phenoxy) is 1. The van der Waals surface area contributed by atoms with Crippen LogP contribution in [0.4, 0.5) is 0 Å². The highest BCUT2D eigenvalue weighted by atomic mass is 79.9. The quantitative estimate of drug-likeness (QED) is 0.507. The van der Waals surface area contributed by atoms with Crippen molar-refractivity contribution < 1.29 is 19.6 Å². The lowest BCUT2D eigenvalue weighted by Gasteiger charge is -2.07. The van der Waals surface area contributed by atoms with Gasteiger partial charge in [-0.15, -0.1) is 0 Å². The Bertz CT molecular complexity index is 515. The molecule has 0 fully saturated rings. The molecule has 0 saturated carbocycles. The van der Waals surface area contributed by atoms with Crippen LogP contribution in [0.25, 0.3) is 6.08 Å². The van der Waals surface area contributed by atoms with Gasteiger partial charge in [-0.3, -0.25) is 10.1 Å². The van der Waals surface area contributed by atoms with Crippen LogP contribution >= 0.6 is 15.9 Å². The van der Waals surface area contributed by atoms with Gasteiger partial charge in [0.25, 0.3) is 5.70 Å². The first-order chi connectivity index (χ1) is 8.97. The fourth-order valence-corrected chi connectivity index (χ4v) is 1.72. The summed E-state index contributed by atoms with van der Waals surface area (Å²) in [6.45, 7) is 1.59. The number of benzene rings is 1. The van der Waals surface area contributed by atoms with Crippen molar-refractivity contribution in [1.82, 2.24) is 0 Å². The van der Waals surface area contributed by atoms with Gasteiger partial charge in [0.1, 0.15) is 0 Å². The van der Waals surface area contributed by atoms with E-state index < -0.39 is 22.7 Å². The maximum absolute atomic E-state index is 11.3. The number of rotatable bonds is 5. The number of hydrogen-bond donors (Lipinski definition) is 1. The Morgan fingerprint density at radius 1 is 1.58 bits per heavy atom. The number of halogens is 1. The minimum atomic E-state index is -1.91. The van der Waals surface area contributed by atoms with Crippen molar-refractivity contribution in [3.05, 3.63) is 50.1 Å². The number of esters is 1. The predicted molar refractivity (Wildman–Crippen MR) is 71.8 cm³/mol. The number of nitro groups is 1. The number of aliphatic hydroxyl groups is 1. The average Bonchev–Trinajstić information content (AvgIpc) is 2.37. The molecular weight excluding hydrogens is 318 g/mol. The zero-order chi connectivity index (χ0) is 14.4. The van der Waals surface area contributed by atoms with Crippen molar-refractivity contribution in [3.8, 4) is 0 Å². The number of aliphatic hydroxyl groups excluding tert-OH is 1. The Morgan fingerprint density at radius 3 is 2.74 bits per heavy atom. The van der Waals surface area contributed by atoms with Crippen LogP contribution in [0.3, 0.4) is 0 Å². The van der Waals surface area contributed by atoms with E-state index in [4.69, 9.17) is 0 Å². The Kier molecular flexibility index (Phi) is 5.65. The summed E-state index contributed by atoms with van der Waals surface area (Å²) in [6, 6.07) is 6.74. The van der Waals surface area contributed by atoms with E-state index in [1.54, 1.807) is 31.2 Å². The molecule has 1 rings (SSSR count). The molecule has 19 heavy (non-hydrogen) atoms. The van der Waals surface area contributed by atoms with E-state index in [-0.39, 0.29) is 6.61 Å². The lowest BCUT2D eigenvalue weighted by molar-refractivity contribution is -0.432. The Hall–Kier alpha value is -1.73. The van der Waals surface area contributed by atoms with Gasteiger partial charge in [-0.25, -0.2) is 4.79 Å². The number of nitrogens with zero attached hydrogens (tertiary/aromatic N) is 1. The molecule has 0 aliphatic rings. The summed E-state index contributed by atoms with van der Waals surface area (Å²) in [5.74, 6) is -1.04. The first-order valence-corrected chi connectivity index (χ1v) is 6.22. The number of carbonyl (C=O) groups is 1. The summed E-state index contributed by atoms with van der Waals surface area (Å²) in [5, 5.41) is 20.6. The SMILES string of the molecule is CCOC(=O)[C@H](O)/C(=C\c1ccccc1Br)[N+](=O)[O-]. The lowest BCUT2D eigenvalue weighted by Crippen LogP contribution is -2.28. The standard InChI is InChI=1S/C12H12BrNO5/c1-2-19-12(16)11(15)10(14(17)18)7-8-5-3-4-6-9(8)13/h3-7,11,15H,2H2,1H3/b10-7+/t11-/m1/s1. The molecule has 0 bridgehead atoms. The van der Waals surface area contributed by atoms with E-state index in [0.717, 1.165) is 6.08 Å². The number of carbonyl (C=O) groups excluding carboxylic acids is 1. The van der Waals surface area contributed by atoms with Gasteiger partial charge in [-0.2, -0.15) is 0 Å². The second-order valence-corrected chi connectivity index (χ2v) is 4.36. The molecule has 0 aromatic heterocycles. The van der Waals surface area contributed by atoms with E-state index in [1.165, 1.54) is 0 Å². The second kappa shape index (κ2) is 7.01. The minimum absolute atomic E-state index is 0.0376. The van der Waals surface area contributed by atoms with Crippen LogP contribution in [0.1, 0.15) is 12.5 Å². The monoisotopic (exact) mass is 329 g/mol. The summed E-state index contributed by atoms with van der Waals surface area (Å²) in [5.41, 5.74) is -0.150. The Morgan fingerprint density at radius 2 is 2.21 bits per heavy atom. The van der Waals surface area contributed by atoms with Gasteiger partial charge in [0.05, 0.1) is 11.5 Å². The molecule has 6 nitrogen and oxygen atoms in total. The van der Waals surface area contributed by atoms with Crippen molar-refractivity contribution >= 4 is 28.0 Å². The second-order valence-electron chi connectivity index (χ2n) is 3.50. The molecule has 1 atom stereocenters. The zero-order valence-corrected chi connectivity index (χ0v) is 11.7. The van der Waals surface area contributed by atoms with Crippen molar-refractivity contribution in [2.45, 2.75) is 13.0 Å². The van der Waals surface area contributed by atoms with Gasteiger partial charge in [-0.05, 0) is 18.6 Å². The van der Waals surface area contributed by atoms with E-state index in [2.05, 4.69) is 20.7 Å². The van der Waals surface area contributed by atoms with E-state index in [9.17, 15) is 20.0 Å². The predicted octanol–water partition coefficient (Wildman–Crippen LogP) is 1.99.